The molecule has 1 amide bonds. The maximum absolute atomic E-state index is 12.7. The Morgan fingerprint density at radius 1 is 1.38 bits per heavy atom. The minimum Gasteiger partial charge on any atom is -0.464 e. The van der Waals surface area contributed by atoms with E-state index in [1.165, 1.54) is 13.5 Å². The highest BCUT2D eigenvalue weighted by molar-refractivity contribution is 6.31. The van der Waals surface area contributed by atoms with Gasteiger partial charge in [-0.1, -0.05) is 24.9 Å². The van der Waals surface area contributed by atoms with Crippen LogP contribution >= 0.6 is 11.6 Å². The van der Waals surface area contributed by atoms with E-state index in [9.17, 15) is 9.59 Å². The van der Waals surface area contributed by atoms with Crippen molar-refractivity contribution < 1.29 is 14.3 Å². The van der Waals surface area contributed by atoms with Crippen molar-refractivity contribution in [2.75, 3.05) is 25.5 Å². The van der Waals surface area contributed by atoms with Gasteiger partial charge in [-0.15, -0.1) is 0 Å². The summed E-state index contributed by atoms with van der Waals surface area (Å²) in [5, 5.41) is 4.12. The number of piperidine rings is 1. The highest BCUT2D eigenvalue weighted by atomic mass is 35.5. The number of amides is 1. The van der Waals surface area contributed by atoms with Crippen LogP contribution in [0.3, 0.4) is 0 Å². The van der Waals surface area contributed by atoms with Gasteiger partial charge in [-0.3, -0.25) is 9.69 Å². The van der Waals surface area contributed by atoms with Gasteiger partial charge in [-0.2, -0.15) is 0 Å². The number of aromatic amines is 1. The molecule has 140 valence electrons. The number of carbonyl (C=O) groups is 2. The highest BCUT2D eigenvalue weighted by Gasteiger charge is 2.25. The van der Waals surface area contributed by atoms with Crippen molar-refractivity contribution in [1.29, 1.82) is 0 Å². The molecule has 2 heterocycles. The molecule has 1 atom stereocenters. The van der Waals surface area contributed by atoms with Crippen LogP contribution in [0.5, 0.6) is 0 Å². The van der Waals surface area contributed by atoms with Gasteiger partial charge in [0.05, 0.1) is 19.3 Å². The van der Waals surface area contributed by atoms with Crippen LogP contribution in [0.15, 0.2) is 18.2 Å². The molecule has 7 heteroatoms. The molecule has 1 aromatic carbocycles. The first-order chi connectivity index (χ1) is 12.5. The summed E-state index contributed by atoms with van der Waals surface area (Å²) in [5.74, 6) is -0.673. The molecule has 3 rings (SSSR count). The number of nitrogens with zero attached hydrogens (tertiary/aromatic N) is 1. The Balaban J connectivity index is 1.85. The first-order valence-corrected chi connectivity index (χ1v) is 9.34. The second-order valence-corrected chi connectivity index (χ2v) is 7.07. The quantitative estimate of drug-likeness (QED) is 0.777. The van der Waals surface area contributed by atoms with Gasteiger partial charge in [-0.05, 0) is 44.0 Å². The Hall–Kier alpha value is -2.05. The van der Waals surface area contributed by atoms with Crippen LogP contribution in [0, 0.1) is 0 Å². The van der Waals surface area contributed by atoms with Gasteiger partial charge >= 0.3 is 5.97 Å². The van der Waals surface area contributed by atoms with Gasteiger partial charge in [0.2, 0.25) is 5.91 Å². The fraction of sp³-hybridized carbons (Fsp3) is 0.474. The third-order valence-corrected chi connectivity index (χ3v) is 5.22. The third-order valence-electron chi connectivity index (χ3n) is 4.98. The monoisotopic (exact) mass is 377 g/mol. The molecular weight excluding hydrogens is 354 g/mol. The summed E-state index contributed by atoms with van der Waals surface area (Å²) in [7, 11) is 1.31. The van der Waals surface area contributed by atoms with Gasteiger partial charge < -0.3 is 15.0 Å². The lowest BCUT2D eigenvalue weighted by atomic mass is 10.00. The molecule has 1 fully saturated rings. The largest absolute Gasteiger partial charge is 0.464 e. The number of carbonyl (C=O) groups excluding carboxylic acids is 2. The summed E-state index contributed by atoms with van der Waals surface area (Å²) in [5.41, 5.74) is 1.36. The highest BCUT2D eigenvalue weighted by Crippen LogP contribution is 2.31. The Labute approximate surface area is 157 Å². The molecule has 0 unspecified atom stereocenters. The van der Waals surface area contributed by atoms with Gasteiger partial charge in [0.15, 0.2) is 0 Å². The molecule has 2 aromatic rings. The van der Waals surface area contributed by atoms with Crippen LogP contribution in [0.1, 0.15) is 43.1 Å². The lowest BCUT2D eigenvalue weighted by Gasteiger charge is -2.34. The molecule has 1 aliphatic rings. The zero-order valence-corrected chi connectivity index (χ0v) is 15.9. The number of esters is 1. The predicted octanol–water partition coefficient (Wildman–Crippen LogP) is 3.81. The first kappa shape index (κ1) is 18.7. The summed E-state index contributed by atoms with van der Waals surface area (Å²) in [4.78, 5) is 30.0. The molecule has 1 saturated heterocycles. The minimum atomic E-state index is -0.531. The van der Waals surface area contributed by atoms with Crippen LogP contribution in [0.25, 0.3) is 10.9 Å². The number of methoxy groups -OCH3 is 1. The van der Waals surface area contributed by atoms with E-state index in [0.717, 1.165) is 31.3 Å². The normalized spacial score (nSPS) is 18.0. The standard InChI is InChI=1S/C19H24ClN3O3/c1-3-13-6-4-5-9-23(13)11-16(24)22-17-14-10-12(20)7-8-15(14)21-18(17)19(25)26-2/h7-8,10,13,21H,3-6,9,11H2,1-2H3,(H,22,24)/t13-/m0/s1. The van der Waals surface area contributed by atoms with E-state index in [1.54, 1.807) is 18.2 Å². The lowest BCUT2D eigenvalue weighted by molar-refractivity contribution is -0.118. The Morgan fingerprint density at radius 3 is 2.92 bits per heavy atom. The molecule has 0 spiro atoms. The first-order valence-electron chi connectivity index (χ1n) is 8.97. The van der Waals surface area contributed by atoms with Crippen molar-refractivity contribution in [3.05, 3.63) is 28.9 Å². The van der Waals surface area contributed by atoms with E-state index in [4.69, 9.17) is 16.3 Å². The van der Waals surface area contributed by atoms with E-state index < -0.39 is 5.97 Å². The number of anilines is 1. The second kappa shape index (κ2) is 8.10. The van der Waals surface area contributed by atoms with Crippen LogP contribution in [-0.4, -0.2) is 48.0 Å². The number of hydrogen-bond donors (Lipinski definition) is 2. The fourth-order valence-corrected chi connectivity index (χ4v) is 3.82. The van der Waals surface area contributed by atoms with Gasteiger partial charge in [-0.25, -0.2) is 4.79 Å². The summed E-state index contributed by atoms with van der Waals surface area (Å²) in [6.45, 7) is 3.39. The minimum absolute atomic E-state index is 0.142. The number of ether oxygens (including phenoxy) is 1. The van der Waals surface area contributed by atoms with E-state index in [0.29, 0.717) is 28.7 Å². The molecule has 26 heavy (non-hydrogen) atoms. The number of likely N-dealkylation sites (tertiary alicyclic amines) is 1. The molecule has 0 radical (unpaired) electrons. The molecule has 1 aromatic heterocycles. The van der Waals surface area contributed by atoms with Crippen molar-refractivity contribution in [2.45, 2.75) is 38.6 Å². The van der Waals surface area contributed by atoms with Crippen LogP contribution < -0.4 is 5.32 Å². The molecule has 2 N–H and O–H groups in total. The number of benzene rings is 1. The van der Waals surface area contributed by atoms with E-state index >= 15 is 0 Å². The summed E-state index contributed by atoms with van der Waals surface area (Å²) in [6, 6.07) is 5.67. The van der Waals surface area contributed by atoms with Crippen molar-refractivity contribution in [1.82, 2.24) is 9.88 Å². The SMILES string of the molecule is CC[C@H]1CCCCN1CC(=O)Nc1c(C(=O)OC)[nH]c2ccc(Cl)cc12. The smallest absolute Gasteiger partial charge is 0.356 e. The Bertz CT molecular complexity index is 818. The molecule has 0 bridgehead atoms. The Kier molecular flexibility index (Phi) is 5.84. The number of fused-ring (bicyclic) bond motifs is 1. The van der Waals surface area contributed by atoms with Crippen molar-refractivity contribution >= 4 is 40.1 Å². The van der Waals surface area contributed by atoms with Gasteiger partial charge in [0.25, 0.3) is 0 Å². The second-order valence-electron chi connectivity index (χ2n) is 6.63. The summed E-state index contributed by atoms with van der Waals surface area (Å²) >= 11 is 6.09. The molecule has 0 saturated carbocycles. The summed E-state index contributed by atoms with van der Waals surface area (Å²) < 4.78 is 4.84. The van der Waals surface area contributed by atoms with Crippen molar-refractivity contribution in [2.24, 2.45) is 0 Å². The van der Waals surface area contributed by atoms with Crippen LogP contribution in [0.4, 0.5) is 5.69 Å². The number of nitrogens with one attached hydrogen (secondary N) is 2. The molecule has 6 nitrogen and oxygen atoms in total. The fourth-order valence-electron chi connectivity index (χ4n) is 3.64. The van der Waals surface area contributed by atoms with Crippen molar-refractivity contribution in [3.63, 3.8) is 0 Å². The van der Waals surface area contributed by atoms with Crippen LogP contribution in [0.2, 0.25) is 5.02 Å². The lowest BCUT2D eigenvalue weighted by Crippen LogP contribution is -2.43. The van der Waals surface area contributed by atoms with E-state index in [-0.39, 0.29) is 11.6 Å². The summed E-state index contributed by atoms with van der Waals surface area (Å²) in [6.07, 6.45) is 4.48. The van der Waals surface area contributed by atoms with E-state index in [2.05, 4.69) is 22.1 Å². The molecule has 1 aliphatic heterocycles. The number of H-pyrrole nitrogens is 1. The average Bonchev–Trinajstić information content (AvgIpc) is 2.99. The van der Waals surface area contributed by atoms with Crippen molar-refractivity contribution in [3.8, 4) is 0 Å². The molecule has 0 aliphatic carbocycles. The topological polar surface area (TPSA) is 74.4 Å². The average molecular weight is 378 g/mol. The van der Waals surface area contributed by atoms with Gasteiger partial charge in [0.1, 0.15) is 5.69 Å². The zero-order valence-electron chi connectivity index (χ0n) is 15.1. The number of aromatic nitrogens is 1. The maximum atomic E-state index is 12.7. The number of halogens is 1. The molecular formula is C19H24ClN3O3. The zero-order chi connectivity index (χ0) is 18.7. The van der Waals surface area contributed by atoms with Crippen LogP contribution in [-0.2, 0) is 9.53 Å². The van der Waals surface area contributed by atoms with E-state index in [1.807, 2.05) is 0 Å². The maximum Gasteiger partial charge on any atom is 0.356 e. The number of rotatable bonds is 5. The Morgan fingerprint density at radius 2 is 2.19 bits per heavy atom. The predicted molar refractivity (Wildman–Crippen MR) is 103 cm³/mol. The van der Waals surface area contributed by atoms with Gasteiger partial charge in [0, 0.05) is 22.0 Å². The third kappa shape index (κ3) is 3.86. The number of hydrogen-bond acceptors (Lipinski definition) is 4.